The molecule has 109 heavy (non-hydrogen) atoms. The Bertz CT molecular complexity index is 5070. The molecule has 0 amide bonds. The number of aromatic nitrogens is 16. The fourth-order valence-electron chi connectivity index (χ4n) is 14.1. The monoisotopic (exact) mass is 1480 g/mol. The first kappa shape index (κ1) is 71.2. The van der Waals surface area contributed by atoms with Crippen molar-refractivity contribution >= 4 is 67.9 Å². The maximum Gasteiger partial charge on any atom is 0.190 e. The SMILES string of the molecule is Nc1ncnc2c1nc(C#Cc1ccc(C(c3ccc(C#Cc4nc5c(N)ncnc5n4[C@@H]4O[C@H](CO)[C@@H](O)[C@H]4O)cc3)(c3ccc(C#Cc4nc5c(N)ncnc5n4[C@@H]4O[C@H](CO)[C@@H](O)[C@H]4O)cc3)c3ccc(C#Cc4nc5c(N)ncnc5n4[C@@H]4O[C@H](CO)[C@@H](O)[C@H]4O)cc3)cc1)n2[C@@H]1O[C@H](CO)[C@@H](O)[C@H]1O. The molecule has 0 saturated carbocycles. The predicted molar refractivity (Wildman–Crippen MR) is 380 cm³/mol. The summed E-state index contributed by atoms with van der Waals surface area (Å²) in [5, 5.41) is 129. The Morgan fingerprint density at radius 1 is 0.294 bits per heavy atom. The lowest BCUT2D eigenvalue weighted by atomic mass is 9.65. The Kier molecular flexibility index (Phi) is 18.6. The highest BCUT2D eigenvalue weighted by atomic mass is 16.6. The average Bonchev–Trinajstić information content (AvgIpc) is 1.73. The van der Waals surface area contributed by atoms with Crippen LogP contribution in [0.5, 0.6) is 0 Å². The maximum atomic E-state index is 11.3. The molecule has 4 saturated heterocycles. The van der Waals surface area contributed by atoms with Crippen molar-refractivity contribution in [2.24, 2.45) is 0 Å². The first-order chi connectivity index (χ1) is 52.8. The Labute approximate surface area is 614 Å². The van der Waals surface area contributed by atoms with Gasteiger partial charge in [-0.05, 0) is 94.5 Å². The molecule has 0 radical (unpaired) electrons. The summed E-state index contributed by atoms with van der Waals surface area (Å²) in [5.74, 6) is 25.1. The van der Waals surface area contributed by atoms with Gasteiger partial charge in [0.25, 0.3) is 0 Å². The molecule has 36 nitrogen and oxygen atoms in total. The number of rotatable bonds is 12. The van der Waals surface area contributed by atoms with Crippen molar-refractivity contribution in [3.05, 3.63) is 190 Å². The summed E-state index contributed by atoms with van der Waals surface area (Å²) in [4.78, 5) is 52.4. The third-order valence-corrected chi connectivity index (χ3v) is 19.7. The van der Waals surface area contributed by atoms with Crippen LogP contribution in [0.3, 0.4) is 0 Å². The van der Waals surface area contributed by atoms with E-state index in [2.05, 4.69) is 107 Å². The summed E-state index contributed by atoms with van der Waals surface area (Å²) in [7, 11) is 0. The molecule has 4 aliphatic heterocycles. The van der Waals surface area contributed by atoms with Gasteiger partial charge in [-0.1, -0.05) is 72.2 Å². The molecule has 0 unspecified atom stereocenters. The van der Waals surface area contributed by atoms with Gasteiger partial charge in [0.05, 0.1) is 31.8 Å². The number of ether oxygens (including phenoxy) is 4. The Morgan fingerprint density at radius 2 is 0.495 bits per heavy atom. The highest BCUT2D eigenvalue weighted by molar-refractivity contribution is 5.85. The minimum absolute atomic E-state index is 0.00240. The van der Waals surface area contributed by atoms with E-state index in [-0.39, 0.29) is 91.2 Å². The number of nitrogens with two attached hydrogens (primary N) is 4. The summed E-state index contributed by atoms with van der Waals surface area (Å²) in [6.07, 6.45) is -17.1. The zero-order valence-electron chi connectivity index (χ0n) is 56.6. The van der Waals surface area contributed by atoms with Crippen LogP contribution in [0.15, 0.2) is 122 Å². The van der Waals surface area contributed by atoms with Crippen LogP contribution >= 0.6 is 0 Å². The molecule has 16 rings (SSSR count). The fraction of sp³-hybridized carbons (Fsp3) is 0.288. The van der Waals surface area contributed by atoms with E-state index in [1.165, 1.54) is 43.6 Å². The van der Waals surface area contributed by atoms with Gasteiger partial charge in [-0.3, -0.25) is 18.3 Å². The number of hydrogen-bond acceptors (Lipinski definition) is 32. The van der Waals surface area contributed by atoms with E-state index in [9.17, 15) is 61.3 Å². The van der Waals surface area contributed by atoms with Crippen LogP contribution in [-0.4, -0.2) is 239 Å². The molecular weight excluding hydrogens is 1410 g/mol. The highest BCUT2D eigenvalue weighted by Gasteiger charge is 2.49. The van der Waals surface area contributed by atoms with Crippen LogP contribution in [-0.2, 0) is 24.4 Å². The van der Waals surface area contributed by atoms with Gasteiger partial charge < -0.3 is 103 Å². The lowest BCUT2D eigenvalue weighted by Crippen LogP contribution is -2.33. The molecule has 16 atom stereocenters. The van der Waals surface area contributed by atoms with Gasteiger partial charge in [0.2, 0.25) is 0 Å². The van der Waals surface area contributed by atoms with E-state index in [0.29, 0.717) is 44.5 Å². The number of imidazole rings is 4. The molecule has 0 aliphatic carbocycles. The number of aliphatic hydroxyl groups excluding tert-OH is 12. The third kappa shape index (κ3) is 12.1. The first-order valence-electron chi connectivity index (χ1n) is 33.8. The standard InChI is InChI=1S/C73H64N20O16/c74-61-49-65(82-29-78-61)90(69-57(102)53(98)41(25-94)106-69)45(86-49)21-9-33-1-13-37(14-2-33)73(38-15-3-34(4-16-38)10-22-46-87-50-62(75)79-30-83-66(50)91(46)70-58(103)54(99)42(26-95)107-70,39-17-5-35(6-18-39)11-23-47-88-51-63(76)80-31-84-67(51)92(47)71-59(104)55(100)43(27-96)108-71)40-19-7-36(8-20-40)12-24-48-89-52-64(77)81-32-85-68(52)93(48)72-60(105)56(101)44(28-97)109-72/h1-8,13-20,29-32,41-44,53-60,69-72,94-105H,25-28H2,(H2,74,78,82)(H2,75,79,83)(H2,76,80,84)(H2,77,81,85)/t41-,42-,43-,44-,53-,54-,55-,56-,57-,58-,59-,60-,69-,70-,71-,72-/m1/s1. The predicted octanol–water partition coefficient (Wildman–Crippen LogP) is -3.00. The van der Waals surface area contributed by atoms with Crippen molar-refractivity contribution in [2.75, 3.05) is 49.4 Å². The summed E-state index contributed by atoms with van der Waals surface area (Å²) in [5.41, 5.74) is 29.4. The van der Waals surface area contributed by atoms with Crippen LogP contribution in [0.2, 0.25) is 0 Å². The van der Waals surface area contributed by atoms with Crippen LogP contribution in [0.4, 0.5) is 23.3 Å². The molecule has 4 fully saturated rings. The highest BCUT2D eigenvalue weighted by Crippen LogP contribution is 2.47. The van der Waals surface area contributed by atoms with Gasteiger partial charge in [0.1, 0.15) is 98.6 Å². The minimum Gasteiger partial charge on any atom is -0.394 e. The van der Waals surface area contributed by atoms with Crippen molar-refractivity contribution in [3.63, 3.8) is 0 Å². The maximum absolute atomic E-state index is 11.3. The van der Waals surface area contributed by atoms with Gasteiger partial charge >= 0.3 is 0 Å². The number of fused-ring (bicyclic) bond motifs is 4. The van der Waals surface area contributed by atoms with Gasteiger partial charge in [0, 0.05) is 22.3 Å². The van der Waals surface area contributed by atoms with E-state index in [1.807, 2.05) is 48.5 Å². The largest absolute Gasteiger partial charge is 0.394 e. The van der Waals surface area contributed by atoms with Crippen molar-refractivity contribution in [1.29, 1.82) is 0 Å². The molecule has 12 aromatic rings. The summed E-state index contributed by atoms with van der Waals surface area (Å²) in [6.45, 7) is -2.43. The molecule has 552 valence electrons. The normalized spacial score (nSPS) is 25.3. The van der Waals surface area contributed by atoms with E-state index < -0.39 is 130 Å². The number of aliphatic hydroxyl groups is 12. The summed E-state index contributed by atoms with van der Waals surface area (Å²) >= 11 is 0. The first-order valence-corrected chi connectivity index (χ1v) is 33.8. The van der Waals surface area contributed by atoms with Gasteiger partial charge in [-0.15, -0.1) is 0 Å². The van der Waals surface area contributed by atoms with Gasteiger partial charge in [0.15, 0.2) is 116 Å². The number of nitrogens with zero attached hydrogens (tertiary/aromatic N) is 16. The second kappa shape index (κ2) is 28.5. The van der Waals surface area contributed by atoms with Gasteiger partial charge in [-0.25, -0.2) is 59.8 Å². The van der Waals surface area contributed by atoms with E-state index in [0.717, 1.165) is 0 Å². The molecule has 36 heteroatoms. The van der Waals surface area contributed by atoms with Crippen LogP contribution in [0.1, 0.15) is 92.7 Å². The van der Waals surface area contributed by atoms with Crippen molar-refractivity contribution < 1.29 is 80.2 Å². The Hall–Kier alpha value is -12.1. The zero-order valence-corrected chi connectivity index (χ0v) is 56.6. The van der Waals surface area contributed by atoms with Gasteiger partial charge in [-0.2, -0.15) is 0 Å². The van der Waals surface area contributed by atoms with E-state index in [1.54, 1.807) is 48.5 Å². The number of hydrogen-bond donors (Lipinski definition) is 16. The summed E-state index contributed by atoms with van der Waals surface area (Å²) < 4.78 is 29.3. The van der Waals surface area contributed by atoms with Crippen molar-refractivity contribution in [1.82, 2.24) is 78.1 Å². The molecule has 0 bridgehead atoms. The van der Waals surface area contributed by atoms with E-state index >= 15 is 0 Å². The van der Waals surface area contributed by atoms with Crippen LogP contribution < -0.4 is 22.9 Å². The fourth-order valence-corrected chi connectivity index (χ4v) is 14.1. The Balaban J connectivity index is 0.853. The molecular formula is C73H64N20O16. The lowest BCUT2D eigenvalue weighted by Gasteiger charge is -2.37. The quantitative estimate of drug-likeness (QED) is 0.0428. The average molecular weight is 1480 g/mol. The lowest BCUT2D eigenvalue weighted by molar-refractivity contribution is -0.0514. The Morgan fingerprint density at radius 3 is 0.679 bits per heavy atom. The molecule has 12 heterocycles. The summed E-state index contributed by atoms with van der Waals surface area (Å²) in [6, 6.07) is 29.3. The number of benzene rings is 4. The smallest absolute Gasteiger partial charge is 0.190 e. The zero-order chi connectivity index (χ0) is 75.8. The van der Waals surface area contributed by atoms with Crippen LogP contribution in [0.25, 0.3) is 44.7 Å². The second-order valence-corrected chi connectivity index (χ2v) is 25.9. The molecule has 0 spiro atoms. The van der Waals surface area contributed by atoms with Crippen molar-refractivity contribution in [2.45, 2.75) is 104 Å². The van der Waals surface area contributed by atoms with Crippen molar-refractivity contribution in [3.8, 4) is 47.4 Å². The number of nitrogen functional groups attached to an aromatic ring is 4. The van der Waals surface area contributed by atoms with Crippen LogP contribution in [0, 0.1) is 47.4 Å². The third-order valence-electron chi connectivity index (χ3n) is 19.7. The molecule has 8 aromatic heterocycles. The second-order valence-electron chi connectivity index (χ2n) is 25.9. The molecule has 20 N–H and O–H groups in total. The topological polar surface area (TPSA) is 558 Å². The molecule has 4 aliphatic rings. The minimum atomic E-state index is -1.54. The molecule has 4 aromatic carbocycles. The van der Waals surface area contributed by atoms with E-state index in [4.69, 9.17) is 41.9 Å². The number of anilines is 4.